The molecule has 138 valence electrons. The van der Waals surface area contributed by atoms with Gasteiger partial charge in [0.05, 0.1) is 5.56 Å². The minimum atomic E-state index is -0.346. The zero-order chi connectivity index (χ0) is 17.8. The van der Waals surface area contributed by atoms with Gasteiger partial charge in [-0.25, -0.2) is 4.39 Å². The highest BCUT2D eigenvalue weighted by Gasteiger charge is 2.31. The fourth-order valence-corrected chi connectivity index (χ4v) is 5.35. The highest BCUT2D eigenvalue weighted by Crippen LogP contribution is 2.44. The Balaban J connectivity index is 1.52. The van der Waals surface area contributed by atoms with Crippen molar-refractivity contribution in [3.8, 4) is 0 Å². The van der Waals surface area contributed by atoms with Crippen LogP contribution < -0.4 is 0 Å². The number of hydrogen-bond donors (Lipinski definition) is 0. The van der Waals surface area contributed by atoms with Crippen LogP contribution in [0.25, 0.3) is 0 Å². The van der Waals surface area contributed by atoms with Crippen LogP contribution in [0.2, 0.25) is 0 Å². The number of carbonyl (C=O) groups is 1. The van der Waals surface area contributed by atoms with Crippen LogP contribution in [-0.2, 0) is 0 Å². The molecule has 0 amide bonds. The van der Waals surface area contributed by atoms with E-state index in [2.05, 4.69) is 6.92 Å². The summed E-state index contributed by atoms with van der Waals surface area (Å²) in [4.78, 5) is 11.4. The lowest BCUT2D eigenvalue weighted by Crippen LogP contribution is -2.25. The molecule has 0 radical (unpaired) electrons. The van der Waals surface area contributed by atoms with E-state index in [4.69, 9.17) is 0 Å². The lowest BCUT2D eigenvalue weighted by Gasteiger charge is -2.38. The molecule has 2 aliphatic carbocycles. The van der Waals surface area contributed by atoms with Gasteiger partial charge in [0.15, 0.2) is 5.78 Å². The first-order chi connectivity index (χ1) is 12.1. The molecule has 2 heteroatoms. The van der Waals surface area contributed by atoms with E-state index in [0.29, 0.717) is 5.92 Å². The van der Waals surface area contributed by atoms with Crippen molar-refractivity contribution in [1.82, 2.24) is 0 Å². The van der Waals surface area contributed by atoms with Crippen LogP contribution in [0.1, 0.15) is 99.9 Å². The summed E-state index contributed by atoms with van der Waals surface area (Å²) in [6.07, 6.45) is 13.4. The second-order valence-corrected chi connectivity index (χ2v) is 8.48. The Hall–Kier alpha value is -1.18. The molecule has 3 rings (SSSR count). The second kappa shape index (κ2) is 8.47. The van der Waals surface area contributed by atoms with Crippen molar-refractivity contribution >= 4 is 5.78 Å². The Morgan fingerprint density at radius 3 is 2.12 bits per heavy atom. The minimum absolute atomic E-state index is 0.188. The Kier molecular flexibility index (Phi) is 6.30. The van der Waals surface area contributed by atoms with E-state index in [1.165, 1.54) is 71.1 Å². The van der Waals surface area contributed by atoms with Crippen LogP contribution in [0.15, 0.2) is 18.2 Å². The minimum Gasteiger partial charge on any atom is -0.294 e. The van der Waals surface area contributed by atoms with Gasteiger partial charge in [-0.3, -0.25) is 4.79 Å². The smallest absolute Gasteiger partial charge is 0.162 e. The summed E-state index contributed by atoms with van der Waals surface area (Å²) in [5.41, 5.74) is 1.31. The van der Waals surface area contributed by atoms with Gasteiger partial charge >= 0.3 is 0 Å². The highest BCUT2D eigenvalue weighted by molar-refractivity contribution is 5.94. The SMILES string of the molecule is CCC[C@H]1CC[C@H]([C@H]2CC[C@H](c3ccc(C(C)=O)c(F)c3)CC2)CC1. The fourth-order valence-electron chi connectivity index (χ4n) is 5.35. The Morgan fingerprint density at radius 1 is 1.00 bits per heavy atom. The van der Waals surface area contributed by atoms with E-state index in [-0.39, 0.29) is 17.2 Å². The summed E-state index contributed by atoms with van der Waals surface area (Å²) in [6, 6.07) is 5.26. The summed E-state index contributed by atoms with van der Waals surface area (Å²) < 4.78 is 14.1. The third kappa shape index (κ3) is 4.51. The summed E-state index contributed by atoms with van der Waals surface area (Å²) >= 11 is 0. The lowest BCUT2D eigenvalue weighted by atomic mass is 9.68. The van der Waals surface area contributed by atoms with Gasteiger partial charge in [-0.15, -0.1) is 0 Å². The molecule has 25 heavy (non-hydrogen) atoms. The molecule has 0 aromatic heterocycles. The van der Waals surface area contributed by atoms with Gasteiger partial charge in [-0.05, 0) is 86.8 Å². The topological polar surface area (TPSA) is 17.1 Å². The van der Waals surface area contributed by atoms with E-state index in [0.717, 1.165) is 23.3 Å². The van der Waals surface area contributed by atoms with Crippen LogP contribution >= 0.6 is 0 Å². The van der Waals surface area contributed by atoms with Crippen molar-refractivity contribution in [3.63, 3.8) is 0 Å². The molecule has 1 aromatic carbocycles. The molecular weight excluding hydrogens is 311 g/mol. The molecule has 0 heterocycles. The molecule has 0 spiro atoms. The molecule has 0 saturated heterocycles. The van der Waals surface area contributed by atoms with Crippen molar-refractivity contribution in [2.75, 3.05) is 0 Å². The van der Waals surface area contributed by atoms with Crippen molar-refractivity contribution in [1.29, 1.82) is 0 Å². The standard InChI is InChI=1S/C23H33FO/c1-3-4-17-5-7-18(8-6-17)19-9-11-20(12-10-19)21-13-14-22(16(2)25)23(24)15-21/h13-15,17-20H,3-12H2,1-2H3/t17-,18-,19-,20-. The maximum absolute atomic E-state index is 14.1. The number of hydrogen-bond acceptors (Lipinski definition) is 1. The maximum Gasteiger partial charge on any atom is 0.162 e. The number of halogens is 1. The highest BCUT2D eigenvalue weighted by atomic mass is 19.1. The molecule has 0 aliphatic heterocycles. The van der Waals surface area contributed by atoms with Crippen LogP contribution in [-0.4, -0.2) is 5.78 Å². The Morgan fingerprint density at radius 2 is 1.60 bits per heavy atom. The molecule has 1 aromatic rings. The summed E-state index contributed by atoms with van der Waals surface area (Å²) in [6.45, 7) is 3.73. The largest absolute Gasteiger partial charge is 0.294 e. The van der Waals surface area contributed by atoms with Crippen molar-refractivity contribution in [2.45, 2.75) is 84.0 Å². The van der Waals surface area contributed by atoms with Gasteiger partial charge in [0.1, 0.15) is 5.82 Å². The number of Topliss-reactive ketones (excluding diaryl/α,β-unsaturated/α-hetero) is 1. The summed E-state index contributed by atoms with van der Waals surface area (Å²) in [7, 11) is 0. The van der Waals surface area contributed by atoms with E-state index in [1.54, 1.807) is 12.1 Å². The van der Waals surface area contributed by atoms with Crippen molar-refractivity contribution < 1.29 is 9.18 Å². The average molecular weight is 345 g/mol. The predicted molar refractivity (Wildman–Crippen MR) is 101 cm³/mol. The van der Waals surface area contributed by atoms with Crippen molar-refractivity contribution in [3.05, 3.63) is 35.1 Å². The zero-order valence-corrected chi connectivity index (χ0v) is 15.9. The van der Waals surface area contributed by atoms with E-state index in [1.807, 2.05) is 6.07 Å². The second-order valence-electron chi connectivity index (χ2n) is 8.48. The van der Waals surface area contributed by atoms with Gasteiger partial charge in [0.25, 0.3) is 0 Å². The van der Waals surface area contributed by atoms with Crippen LogP contribution in [0.5, 0.6) is 0 Å². The Bertz CT molecular complexity index is 578. The van der Waals surface area contributed by atoms with Gasteiger partial charge in [-0.2, -0.15) is 0 Å². The Labute approximate surface area is 152 Å². The quantitative estimate of drug-likeness (QED) is 0.530. The van der Waals surface area contributed by atoms with E-state index >= 15 is 0 Å². The summed E-state index contributed by atoms with van der Waals surface area (Å²) in [5, 5.41) is 0. The van der Waals surface area contributed by atoms with Crippen LogP contribution in [0.4, 0.5) is 4.39 Å². The first-order valence-electron chi connectivity index (χ1n) is 10.4. The first kappa shape index (κ1) is 18.6. The fraction of sp³-hybridized carbons (Fsp3) is 0.696. The van der Waals surface area contributed by atoms with Crippen LogP contribution in [0.3, 0.4) is 0 Å². The lowest BCUT2D eigenvalue weighted by molar-refractivity contribution is 0.101. The van der Waals surface area contributed by atoms with Crippen LogP contribution in [0, 0.1) is 23.6 Å². The monoisotopic (exact) mass is 344 g/mol. The van der Waals surface area contributed by atoms with Gasteiger partial charge < -0.3 is 0 Å². The zero-order valence-electron chi connectivity index (χ0n) is 15.9. The molecule has 1 nitrogen and oxygen atoms in total. The van der Waals surface area contributed by atoms with Gasteiger partial charge in [-0.1, -0.05) is 38.7 Å². The number of benzene rings is 1. The number of ketones is 1. The molecule has 2 fully saturated rings. The van der Waals surface area contributed by atoms with E-state index in [9.17, 15) is 9.18 Å². The van der Waals surface area contributed by atoms with Gasteiger partial charge in [0.2, 0.25) is 0 Å². The molecular formula is C23H33FO. The molecule has 2 aliphatic rings. The third-order valence-electron chi connectivity index (χ3n) is 6.87. The average Bonchev–Trinajstić information content (AvgIpc) is 2.62. The maximum atomic E-state index is 14.1. The molecule has 2 saturated carbocycles. The first-order valence-corrected chi connectivity index (χ1v) is 10.4. The molecule has 0 unspecified atom stereocenters. The predicted octanol–water partition coefficient (Wildman–Crippen LogP) is 6.91. The summed E-state index contributed by atoms with van der Waals surface area (Å²) in [5.74, 6) is 2.75. The molecule has 0 bridgehead atoms. The third-order valence-corrected chi connectivity index (χ3v) is 6.87. The number of rotatable bonds is 5. The normalized spacial score (nSPS) is 30.2. The van der Waals surface area contributed by atoms with E-state index < -0.39 is 0 Å². The molecule has 0 atom stereocenters. The number of carbonyl (C=O) groups excluding carboxylic acids is 1. The van der Waals surface area contributed by atoms with Gasteiger partial charge in [0, 0.05) is 0 Å². The molecule has 0 N–H and O–H groups in total. The van der Waals surface area contributed by atoms with Crippen molar-refractivity contribution in [2.24, 2.45) is 17.8 Å².